The lowest BCUT2D eigenvalue weighted by Gasteiger charge is -2.23. The maximum Gasteiger partial charge on any atom is 0.404 e. The summed E-state index contributed by atoms with van der Waals surface area (Å²) in [5.74, 6) is 0.731. The molecule has 1 amide bonds. The number of carbonyl (C=O) groups excluding carboxylic acids is 2. The van der Waals surface area contributed by atoms with E-state index in [0.29, 0.717) is 33.9 Å². The Bertz CT molecular complexity index is 1720. The second kappa shape index (κ2) is 16.4. The van der Waals surface area contributed by atoms with Crippen molar-refractivity contribution in [3.05, 3.63) is 99.9 Å². The first kappa shape index (κ1) is 36.2. The number of nitrogens with one attached hydrogen (secondary N) is 1. The number of carbonyl (C=O) groups is 2. The Kier molecular flexibility index (Phi) is 12.6. The minimum absolute atomic E-state index is 0.0424. The molecular formula is C32H35Cl2N4O7PS. The molecule has 0 spiro atoms. The van der Waals surface area contributed by atoms with Gasteiger partial charge in [-0.2, -0.15) is 0 Å². The molecule has 3 N–H and O–H groups in total. The summed E-state index contributed by atoms with van der Waals surface area (Å²) >= 11 is 14.0. The molecule has 0 aliphatic rings. The van der Waals surface area contributed by atoms with Crippen LogP contribution in [0.1, 0.15) is 43.8 Å². The van der Waals surface area contributed by atoms with E-state index in [1.165, 1.54) is 25.8 Å². The molecule has 0 saturated carbocycles. The molecule has 0 bridgehead atoms. The normalized spacial score (nSPS) is 13.1. The maximum atomic E-state index is 13.8. The van der Waals surface area contributed by atoms with Crippen LogP contribution in [0.3, 0.4) is 0 Å². The number of nitrogens with zero attached hydrogens (tertiary/aromatic N) is 2. The Morgan fingerprint density at radius 2 is 1.66 bits per heavy atom. The van der Waals surface area contributed by atoms with Gasteiger partial charge in [0.1, 0.15) is 28.4 Å². The van der Waals surface area contributed by atoms with Crippen LogP contribution in [-0.2, 0) is 32.0 Å². The summed E-state index contributed by atoms with van der Waals surface area (Å²) in [6, 6.07) is 20.1. The number of ether oxygens (including phenoxy) is 3. The number of aromatic nitrogens is 2. The van der Waals surface area contributed by atoms with Gasteiger partial charge in [0.2, 0.25) is 0 Å². The van der Waals surface area contributed by atoms with Crippen LogP contribution in [0.2, 0.25) is 10.0 Å². The number of methoxy groups -OCH3 is 1. The lowest BCUT2D eigenvalue weighted by molar-refractivity contribution is -0.142. The molecule has 15 heteroatoms. The minimum atomic E-state index is -3.73. The molecule has 1 heterocycles. The fraction of sp³-hybridized carbons (Fsp3) is 0.281. The van der Waals surface area contributed by atoms with Crippen LogP contribution in [-0.4, -0.2) is 41.1 Å². The number of rotatable bonds is 15. The number of amides is 1. The van der Waals surface area contributed by atoms with E-state index in [-0.39, 0.29) is 18.9 Å². The van der Waals surface area contributed by atoms with Gasteiger partial charge in [0.25, 0.3) is 0 Å². The molecule has 1 unspecified atom stereocenters. The first-order valence-corrected chi connectivity index (χ1v) is 17.8. The minimum Gasteiger partial charge on any atom is -0.481 e. The van der Waals surface area contributed by atoms with Crippen molar-refractivity contribution in [1.82, 2.24) is 14.6 Å². The highest BCUT2D eigenvalue weighted by Crippen LogP contribution is 2.44. The van der Waals surface area contributed by atoms with Crippen LogP contribution < -0.4 is 20.1 Å². The summed E-state index contributed by atoms with van der Waals surface area (Å²) < 4.78 is 37.3. The number of benzene rings is 3. The number of hydrogen-bond donors (Lipinski definition) is 2. The van der Waals surface area contributed by atoms with E-state index >= 15 is 0 Å². The molecule has 4 aromatic rings. The second-order valence-corrected chi connectivity index (χ2v) is 14.6. The van der Waals surface area contributed by atoms with Crippen molar-refractivity contribution >= 4 is 54.5 Å². The third-order valence-corrected chi connectivity index (χ3v) is 9.86. The molecule has 4 rings (SSSR count). The number of hydrogen-bond acceptors (Lipinski definition) is 9. The van der Waals surface area contributed by atoms with E-state index in [1.807, 2.05) is 42.7 Å². The number of nitrogens with two attached hydrogens (primary N) is 1. The van der Waals surface area contributed by atoms with Gasteiger partial charge >= 0.3 is 19.6 Å². The molecule has 0 saturated heterocycles. The van der Waals surface area contributed by atoms with Crippen molar-refractivity contribution < 1.29 is 32.9 Å². The van der Waals surface area contributed by atoms with Gasteiger partial charge in [0.05, 0.1) is 12.8 Å². The zero-order valence-electron chi connectivity index (χ0n) is 26.1. The largest absolute Gasteiger partial charge is 0.481 e. The predicted molar refractivity (Wildman–Crippen MR) is 182 cm³/mol. The standard InChI is InChI=1S/C32H35Cl2N4O7PS/c1-20(2)29-30(47-27-15-23(33)14-24(34)16-27)38(28(36-29)18-43-32(35)40)17-22-10-12-25(13-11-22)44-19-46(41,37-21(3)31(39)42-4)45-26-8-6-5-7-9-26/h5-16,20-21H,17-19H2,1-4H3,(H2,35,40)(H,37,41)/t21-,46?/m0/s1. The van der Waals surface area contributed by atoms with Crippen LogP contribution in [0.5, 0.6) is 11.5 Å². The number of esters is 1. The van der Waals surface area contributed by atoms with E-state index < -0.39 is 25.6 Å². The first-order valence-electron chi connectivity index (χ1n) is 14.4. The van der Waals surface area contributed by atoms with E-state index in [4.69, 9.17) is 52.7 Å². The molecule has 0 radical (unpaired) electrons. The van der Waals surface area contributed by atoms with Crippen LogP contribution in [0.4, 0.5) is 4.79 Å². The highest BCUT2D eigenvalue weighted by molar-refractivity contribution is 7.99. The summed E-state index contributed by atoms with van der Waals surface area (Å²) in [4.78, 5) is 29.1. The van der Waals surface area contributed by atoms with Gasteiger partial charge in [-0.15, -0.1) is 0 Å². The van der Waals surface area contributed by atoms with Crippen molar-refractivity contribution in [2.45, 2.75) is 55.8 Å². The summed E-state index contributed by atoms with van der Waals surface area (Å²) in [6.07, 6.45) is -1.27. The summed E-state index contributed by atoms with van der Waals surface area (Å²) in [5.41, 5.74) is 6.94. The Labute approximate surface area is 287 Å². The molecule has 47 heavy (non-hydrogen) atoms. The summed E-state index contributed by atoms with van der Waals surface area (Å²) in [5, 5.41) is 4.56. The summed E-state index contributed by atoms with van der Waals surface area (Å²) in [7, 11) is -2.48. The van der Waals surface area contributed by atoms with Gasteiger partial charge in [-0.05, 0) is 60.9 Å². The third-order valence-electron chi connectivity index (χ3n) is 6.57. The van der Waals surface area contributed by atoms with Crippen molar-refractivity contribution in [2.75, 3.05) is 13.5 Å². The molecule has 0 aliphatic carbocycles. The SMILES string of the molecule is COC(=O)[C@H](C)NP(=O)(COc1ccc(Cn2c(COC(N)=O)nc(C(C)C)c2Sc2cc(Cl)cc(Cl)c2)cc1)Oc1ccccc1. The molecule has 1 aromatic heterocycles. The van der Waals surface area contributed by atoms with Gasteiger partial charge < -0.3 is 29.0 Å². The van der Waals surface area contributed by atoms with Crippen LogP contribution in [0.15, 0.2) is 82.7 Å². The first-order chi connectivity index (χ1) is 22.4. The van der Waals surface area contributed by atoms with Crippen molar-refractivity contribution in [3.63, 3.8) is 0 Å². The average Bonchev–Trinajstić information content (AvgIpc) is 3.35. The highest BCUT2D eigenvalue weighted by Gasteiger charge is 2.31. The van der Waals surface area contributed by atoms with Gasteiger partial charge in [0.15, 0.2) is 13.0 Å². The number of primary amides is 1. The van der Waals surface area contributed by atoms with Crippen molar-refractivity contribution in [3.8, 4) is 11.5 Å². The molecule has 3 aromatic carbocycles. The quantitative estimate of drug-likeness (QED) is 0.0920. The third kappa shape index (κ3) is 10.4. The van der Waals surface area contributed by atoms with Crippen LogP contribution in [0.25, 0.3) is 0 Å². The lowest BCUT2D eigenvalue weighted by atomic mass is 10.1. The molecule has 250 valence electrons. The summed E-state index contributed by atoms with van der Waals surface area (Å²) in [6.45, 7) is 5.81. The van der Waals surface area contributed by atoms with Gasteiger partial charge in [-0.25, -0.2) is 14.9 Å². The second-order valence-electron chi connectivity index (χ2n) is 10.6. The fourth-order valence-electron chi connectivity index (χ4n) is 4.39. The predicted octanol–water partition coefficient (Wildman–Crippen LogP) is 7.87. The molecule has 0 fully saturated rings. The zero-order valence-corrected chi connectivity index (χ0v) is 29.4. The van der Waals surface area contributed by atoms with E-state index in [2.05, 4.69) is 5.09 Å². The van der Waals surface area contributed by atoms with Crippen molar-refractivity contribution in [2.24, 2.45) is 5.73 Å². The van der Waals surface area contributed by atoms with Crippen LogP contribution >= 0.6 is 42.5 Å². The van der Waals surface area contributed by atoms with Crippen molar-refractivity contribution in [1.29, 1.82) is 0 Å². The number of imidazole rings is 1. The monoisotopic (exact) mass is 720 g/mol. The molecule has 0 aliphatic heterocycles. The Morgan fingerprint density at radius 1 is 1.00 bits per heavy atom. The molecule has 11 nitrogen and oxygen atoms in total. The van der Waals surface area contributed by atoms with Gasteiger partial charge in [-0.3, -0.25) is 9.36 Å². The van der Waals surface area contributed by atoms with Gasteiger partial charge in [0, 0.05) is 21.5 Å². The van der Waals surface area contributed by atoms with E-state index in [1.54, 1.807) is 48.5 Å². The molecule has 2 atom stereocenters. The Hall–Kier alpha value is -3.67. The highest BCUT2D eigenvalue weighted by atomic mass is 35.5. The fourth-order valence-corrected chi connectivity index (χ4v) is 7.97. The number of halogens is 2. The zero-order chi connectivity index (χ0) is 34.1. The Morgan fingerprint density at radius 3 is 2.26 bits per heavy atom. The van der Waals surface area contributed by atoms with Gasteiger partial charge in [-0.1, -0.05) is 79.1 Å². The topological polar surface area (TPSA) is 144 Å². The smallest absolute Gasteiger partial charge is 0.404 e. The van der Waals surface area contributed by atoms with Crippen LogP contribution in [0, 0.1) is 0 Å². The Balaban J connectivity index is 1.58. The molecular weight excluding hydrogens is 686 g/mol. The van der Waals surface area contributed by atoms with E-state index in [9.17, 15) is 14.2 Å². The lowest BCUT2D eigenvalue weighted by Crippen LogP contribution is -2.35. The maximum absolute atomic E-state index is 13.8. The number of para-hydroxylation sites is 1. The average molecular weight is 722 g/mol. The van der Waals surface area contributed by atoms with E-state index in [0.717, 1.165) is 21.2 Å².